The lowest BCUT2D eigenvalue weighted by atomic mass is 9.95. The number of likely N-dealkylation sites (tertiary alicyclic amines) is 1. The number of rotatable bonds is 8. The molecule has 0 spiro atoms. The van der Waals surface area contributed by atoms with Gasteiger partial charge in [-0.3, -0.25) is 9.59 Å². The third-order valence-corrected chi connectivity index (χ3v) is 7.05. The summed E-state index contributed by atoms with van der Waals surface area (Å²) in [6.45, 7) is 2.77. The van der Waals surface area contributed by atoms with E-state index in [2.05, 4.69) is 10.6 Å². The summed E-state index contributed by atoms with van der Waals surface area (Å²) in [6, 6.07) is 2.23. The predicted molar refractivity (Wildman–Crippen MR) is 122 cm³/mol. The lowest BCUT2D eigenvalue weighted by molar-refractivity contribution is -0.138. The smallest absolute Gasteiger partial charge is 0.352 e. The number of amides is 2. The van der Waals surface area contributed by atoms with Gasteiger partial charge in [-0.2, -0.15) is 13.2 Å². The molecule has 1 aliphatic carbocycles. The summed E-state index contributed by atoms with van der Waals surface area (Å²) in [7, 11) is 0. The number of carbonyl (C=O) groups excluding carboxylic acids is 2. The molecule has 1 aliphatic heterocycles. The van der Waals surface area contributed by atoms with Crippen molar-refractivity contribution in [1.82, 2.24) is 15.5 Å². The minimum atomic E-state index is -4.85. The molecule has 2 aliphatic rings. The fourth-order valence-electron chi connectivity index (χ4n) is 4.71. The van der Waals surface area contributed by atoms with Crippen molar-refractivity contribution >= 4 is 11.8 Å². The van der Waals surface area contributed by atoms with Crippen molar-refractivity contribution in [3.8, 4) is 0 Å². The molecular formula is C25H34F5N3O2. The fraction of sp³-hybridized carbons (Fsp3) is 0.680. The van der Waals surface area contributed by atoms with Gasteiger partial charge in [0.1, 0.15) is 0 Å². The summed E-state index contributed by atoms with van der Waals surface area (Å²) in [4.78, 5) is 26.8. The maximum Gasteiger partial charge on any atom is 0.416 e. The Bertz CT molecular complexity index is 876. The molecule has 1 aromatic carbocycles. The number of nitrogens with one attached hydrogen (secondary N) is 2. The van der Waals surface area contributed by atoms with Gasteiger partial charge in [0, 0.05) is 43.2 Å². The molecule has 0 atom stereocenters. The van der Waals surface area contributed by atoms with Crippen LogP contribution in [0.3, 0.4) is 0 Å². The first kappa shape index (κ1) is 27.4. The van der Waals surface area contributed by atoms with Crippen molar-refractivity contribution in [2.45, 2.75) is 76.4 Å². The molecule has 3 rings (SSSR count). The van der Waals surface area contributed by atoms with E-state index in [1.165, 1.54) is 26.2 Å². The van der Waals surface area contributed by atoms with Gasteiger partial charge in [0.15, 0.2) is 0 Å². The highest BCUT2D eigenvalue weighted by molar-refractivity contribution is 5.94. The van der Waals surface area contributed by atoms with Crippen LogP contribution in [0.2, 0.25) is 0 Å². The Morgan fingerprint density at radius 1 is 0.943 bits per heavy atom. The van der Waals surface area contributed by atoms with Crippen LogP contribution < -0.4 is 10.6 Å². The molecule has 1 heterocycles. The van der Waals surface area contributed by atoms with E-state index in [4.69, 9.17) is 0 Å². The van der Waals surface area contributed by atoms with Crippen LogP contribution in [0.15, 0.2) is 18.2 Å². The molecule has 0 aromatic heterocycles. The quantitative estimate of drug-likeness (QED) is 0.486. The Balaban J connectivity index is 1.51. The molecule has 2 N–H and O–H groups in total. The van der Waals surface area contributed by atoms with E-state index in [0.29, 0.717) is 50.7 Å². The fourth-order valence-corrected chi connectivity index (χ4v) is 4.71. The van der Waals surface area contributed by atoms with Crippen molar-refractivity contribution in [3.05, 3.63) is 34.9 Å². The normalized spacial score (nSPS) is 18.5. The number of hydrogen-bond donors (Lipinski definition) is 2. The first-order valence-electron chi connectivity index (χ1n) is 12.4. The van der Waals surface area contributed by atoms with E-state index in [9.17, 15) is 31.5 Å². The number of piperidine rings is 1. The standard InChI is InChI=1S/C25H34F5N3O2/c1-2-24(26,27)19-12-18(13-20(14-19)25(28,29)30)23(35)32-15-17-8-10-33(11-9-17)22(34)16-31-21-6-4-3-5-7-21/h12-14,17,21,31H,2-11,15-16H2,1H3,(H,32,35). The SMILES string of the molecule is CCC(F)(F)c1cc(C(=O)NCC2CCN(C(=O)CNC3CCCCC3)CC2)cc(C(F)(F)F)c1. The van der Waals surface area contributed by atoms with Crippen molar-refractivity contribution in [1.29, 1.82) is 0 Å². The van der Waals surface area contributed by atoms with Crippen LogP contribution in [0.25, 0.3) is 0 Å². The van der Waals surface area contributed by atoms with Crippen LogP contribution in [-0.4, -0.2) is 48.9 Å². The van der Waals surface area contributed by atoms with Crippen molar-refractivity contribution in [3.63, 3.8) is 0 Å². The first-order valence-corrected chi connectivity index (χ1v) is 12.4. The highest BCUT2D eigenvalue weighted by atomic mass is 19.4. The summed E-state index contributed by atoms with van der Waals surface area (Å²) in [5, 5.41) is 5.93. The van der Waals surface area contributed by atoms with Gasteiger partial charge in [-0.1, -0.05) is 26.2 Å². The van der Waals surface area contributed by atoms with E-state index in [-0.39, 0.29) is 18.4 Å². The van der Waals surface area contributed by atoms with Gasteiger partial charge < -0.3 is 15.5 Å². The van der Waals surface area contributed by atoms with Crippen LogP contribution in [0, 0.1) is 5.92 Å². The minimum absolute atomic E-state index is 0.0476. The van der Waals surface area contributed by atoms with Gasteiger partial charge in [-0.05, 0) is 49.8 Å². The Kier molecular flexibility index (Phi) is 9.12. The Morgan fingerprint density at radius 3 is 2.17 bits per heavy atom. The van der Waals surface area contributed by atoms with Gasteiger partial charge in [-0.15, -0.1) is 0 Å². The Morgan fingerprint density at radius 2 is 1.57 bits per heavy atom. The number of hydrogen-bond acceptors (Lipinski definition) is 3. The lowest BCUT2D eigenvalue weighted by Crippen LogP contribution is -2.46. The van der Waals surface area contributed by atoms with Gasteiger partial charge in [-0.25, -0.2) is 8.78 Å². The zero-order valence-corrected chi connectivity index (χ0v) is 20.0. The Labute approximate surface area is 202 Å². The molecule has 35 heavy (non-hydrogen) atoms. The maximum atomic E-state index is 14.1. The first-order chi connectivity index (χ1) is 16.5. The highest BCUT2D eigenvalue weighted by Crippen LogP contribution is 2.37. The average Bonchev–Trinajstić information content (AvgIpc) is 2.86. The van der Waals surface area contributed by atoms with Gasteiger partial charge in [0.05, 0.1) is 12.1 Å². The average molecular weight is 504 g/mol. The van der Waals surface area contributed by atoms with Crippen LogP contribution in [0.4, 0.5) is 22.0 Å². The number of carbonyl (C=O) groups is 2. The van der Waals surface area contributed by atoms with E-state index in [1.807, 2.05) is 0 Å². The minimum Gasteiger partial charge on any atom is -0.352 e. The molecule has 1 saturated heterocycles. The molecule has 2 amide bonds. The van der Waals surface area contributed by atoms with Crippen molar-refractivity contribution < 1.29 is 31.5 Å². The summed E-state index contributed by atoms with van der Waals surface area (Å²) < 4.78 is 67.9. The number of nitrogens with zero attached hydrogens (tertiary/aromatic N) is 1. The lowest BCUT2D eigenvalue weighted by Gasteiger charge is -2.33. The molecule has 0 radical (unpaired) electrons. The highest BCUT2D eigenvalue weighted by Gasteiger charge is 2.36. The van der Waals surface area contributed by atoms with Gasteiger partial charge in [0.25, 0.3) is 11.8 Å². The van der Waals surface area contributed by atoms with Crippen LogP contribution in [0.1, 0.15) is 79.8 Å². The molecule has 0 bridgehead atoms. The summed E-state index contributed by atoms with van der Waals surface area (Å²) in [5.41, 5.74) is -2.54. The van der Waals surface area contributed by atoms with Crippen LogP contribution in [0.5, 0.6) is 0 Å². The summed E-state index contributed by atoms with van der Waals surface area (Å²) in [6.07, 6.45) is 1.59. The Hall–Kier alpha value is -2.23. The predicted octanol–water partition coefficient (Wildman–Crippen LogP) is 5.10. The van der Waals surface area contributed by atoms with Gasteiger partial charge >= 0.3 is 6.18 Å². The number of halogens is 5. The van der Waals surface area contributed by atoms with Gasteiger partial charge in [0.2, 0.25) is 5.91 Å². The molecule has 5 nitrogen and oxygen atoms in total. The molecular weight excluding hydrogens is 469 g/mol. The number of alkyl halides is 5. The van der Waals surface area contributed by atoms with Crippen LogP contribution >= 0.6 is 0 Å². The summed E-state index contributed by atoms with van der Waals surface area (Å²) in [5.74, 6) is -4.19. The van der Waals surface area contributed by atoms with Crippen molar-refractivity contribution in [2.75, 3.05) is 26.2 Å². The third-order valence-electron chi connectivity index (χ3n) is 7.05. The zero-order chi connectivity index (χ0) is 25.6. The molecule has 0 unspecified atom stereocenters. The second-order valence-corrected chi connectivity index (χ2v) is 9.60. The van der Waals surface area contributed by atoms with E-state index >= 15 is 0 Å². The molecule has 196 valence electrons. The zero-order valence-electron chi connectivity index (χ0n) is 20.0. The van der Waals surface area contributed by atoms with E-state index < -0.39 is 41.1 Å². The third kappa shape index (κ3) is 7.62. The molecule has 2 fully saturated rings. The topological polar surface area (TPSA) is 61.4 Å². The van der Waals surface area contributed by atoms with Crippen LogP contribution in [-0.2, 0) is 16.9 Å². The van der Waals surface area contributed by atoms with Crippen molar-refractivity contribution in [2.24, 2.45) is 5.92 Å². The second-order valence-electron chi connectivity index (χ2n) is 9.60. The number of benzene rings is 1. The maximum absolute atomic E-state index is 14.1. The largest absolute Gasteiger partial charge is 0.416 e. The summed E-state index contributed by atoms with van der Waals surface area (Å²) >= 11 is 0. The molecule has 1 aromatic rings. The second kappa shape index (κ2) is 11.7. The van der Waals surface area contributed by atoms with E-state index in [0.717, 1.165) is 18.9 Å². The van der Waals surface area contributed by atoms with E-state index in [1.54, 1.807) is 4.90 Å². The monoisotopic (exact) mass is 503 g/mol. The molecule has 10 heteroatoms. The molecule has 1 saturated carbocycles.